The Hall–Kier alpha value is -1.69. The zero-order valence-corrected chi connectivity index (χ0v) is 11.9. The topological polar surface area (TPSA) is 52.0 Å². The Morgan fingerprint density at radius 3 is 2.80 bits per heavy atom. The summed E-state index contributed by atoms with van der Waals surface area (Å²) in [5.41, 5.74) is 1.01. The van der Waals surface area contributed by atoms with Gasteiger partial charge in [-0.2, -0.15) is 5.10 Å². The number of nitrogens with zero attached hydrogens (tertiary/aromatic N) is 2. The molecule has 2 aromatic rings. The van der Waals surface area contributed by atoms with Crippen LogP contribution in [0.4, 0.5) is 4.39 Å². The first-order chi connectivity index (χ1) is 9.38. The lowest BCUT2D eigenvalue weighted by atomic mass is 10.0. The molecule has 0 N–H and O–H groups in total. The summed E-state index contributed by atoms with van der Waals surface area (Å²) in [7, 11) is -2.98. The van der Waals surface area contributed by atoms with Crippen LogP contribution in [0.25, 0.3) is 11.1 Å². The van der Waals surface area contributed by atoms with Gasteiger partial charge >= 0.3 is 0 Å². The highest BCUT2D eigenvalue weighted by Crippen LogP contribution is 2.31. The van der Waals surface area contributed by atoms with Crippen molar-refractivity contribution in [2.45, 2.75) is 18.9 Å². The van der Waals surface area contributed by atoms with Crippen LogP contribution in [0.15, 0.2) is 36.7 Å². The standard InChI is InChI=1S/C14H15FN2O2S/c1-14(5-6-20(18,19)10-14)17-9-12(8-16-17)11-3-2-4-13(15)7-11/h2-4,7-9H,5-6,10H2,1H3. The summed E-state index contributed by atoms with van der Waals surface area (Å²) in [5.74, 6) is -0.00644. The Labute approximate surface area is 117 Å². The third kappa shape index (κ3) is 2.35. The SMILES string of the molecule is CC1(n2cc(-c3cccc(F)c3)cn2)CCS(=O)(=O)C1. The second kappa shape index (κ2) is 4.41. The molecule has 106 valence electrons. The first-order valence-electron chi connectivity index (χ1n) is 6.40. The molecule has 1 aliphatic heterocycles. The Balaban J connectivity index is 1.95. The first-order valence-corrected chi connectivity index (χ1v) is 8.22. The summed E-state index contributed by atoms with van der Waals surface area (Å²) in [6.07, 6.45) is 3.99. The highest BCUT2D eigenvalue weighted by atomic mass is 32.2. The zero-order chi connectivity index (χ0) is 14.4. The second-order valence-electron chi connectivity index (χ2n) is 5.52. The first kappa shape index (κ1) is 13.3. The van der Waals surface area contributed by atoms with Crippen LogP contribution < -0.4 is 0 Å². The lowest BCUT2D eigenvalue weighted by Gasteiger charge is -2.22. The summed E-state index contributed by atoms with van der Waals surface area (Å²) in [4.78, 5) is 0. The Morgan fingerprint density at radius 2 is 2.15 bits per heavy atom. The van der Waals surface area contributed by atoms with Crippen molar-refractivity contribution in [3.05, 3.63) is 42.5 Å². The van der Waals surface area contributed by atoms with E-state index in [9.17, 15) is 12.8 Å². The highest BCUT2D eigenvalue weighted by Gasteiger charge is 2.40. The molecule has 1 aliphatic rings. The smallest absolute Gasteiger partial charge is 0.152 e. The minimum absolute atomic E-state index is 0.101. The van der Waals surface area contributed by atoms with Gasteiger partial charge in [-0.3, -0.25) is 4.68 Å². The number of hydrogen-bond acceptors (Lipinski definition) is 3. The number of sulfone groups is 1. The van der Waals surface area contributed by atoms with Gasteiger partial charge in [-0.05, 0) is 31.0 Å². The van der Waals surface area contributed by atoms with Gasteiger partial charge in [0.25, 0.3) is 0 Å². The fourth-order valence-electron chi connectivity index (χ4n) is 2.61. The van der Waals surface area contributed by atoms with Gasteiger partial charge in [0.2, 0.25) is 0 Å². The lowest BCUT2D eigenvalue weighted by molar-refractivity contribution is 0.328. The van der Waals surface area contributed by atoms with E-state index in [0.717, 1.165) is 11.1 Å². The van der Waals surface area contributed by atoms with E-state index in [-0.39, 0.29) is 17.3 Å². The summed E-state index contributed by atoms with van der Waals surface area (Å²) >= 11 is 0. The van der Waals surface area contributed by atoms with Crippen LogP contribution in [0.5, 0.6) is 0 Å². The number of benzene rings is 1. The molecule has 3 rings (SSSR count). The van der Waals surface area contributed by atoms with Crippen molar-refractivity contribution < 1.29 is 12.8 Å². The van der Waals surface area contributed by atoms with E-state index in [4.69, 9.17) is 0 Å². The van der Waals surface area contributed by atoms with E-state index >= 15 is 0 Å². The fraction of sp³-hybridized carbons (Fsp3) is 0.357. The average molecular weight is 294 g/mol. The number of rotatable bonds is 2. The van der Waals surface area contributed by atoms with E-state index in [1.807, 2.05) is 6.92 Å². The third-order valence-corrected chi connectivity index (χ3v) is 5.66. The lowest BCUT2D eigenvalue weighted by Crippen LogP contribution is -2.31. The molecule has 0 bridgehead atoms. The van der Waals surface area contributed by atoms with Crippen LogP contribution >= 0.6 is 0 Å². The zero-order valence-electron chi connectivity index (χ0n) is 11.1. The summed E-state index contributed by atoms with van der Waals surface area (Å²) in [6.45, 7) is 1.89. The molecule has 1 aromatic heterocycles. The predicted octanol–water partition coefficient (Wildman–Crippen LogP) is 2.22. The second-order valence-corrected chi connectivity index (χ2v) is 7.71. The minimum Gasteiger partial charge on any atom is -0.265 e. The van der Waals surface area contributed by atoms with E-state index in [2.05, 4.69) is 5.10 Å². The van der Waals surface area contributed by atoms with Crippen molar-refractivity contribution in [3.8, 4) is 11.1 Å². The van der Waals surface area contributed by atoms with Gasteiger partial charge in [-0.25, -0.2) is 12.8 Å². The van der Waals surface area contributed by atoms with Crippen molar-refractivity contribution in [1.29, 1.82) is 0 Å². The minimum atomic E-state index is -2.98. The molecular formula is C14H15FN2O2S. The Kier molecular flexibility index (Phi) is 2.93. The molecule has 20 heavy (non-hydrogen) atoms. The molecule has 0 saturated carbocycles. The summed E-state index contributed by atoms with van der Waals surface area (Å²) in [5, 5.41) is 4.27. The van der Waals surface area contributed by atoms with Gasteiger partial charge < -0.3 is 0 Å². The van der Waals surface area contributed by atoms with Crippen LogP contribution in [-0.4, -0.2) is 29.7 Å². The van der Waals surface area contributed by atoms with E-state index in [1.165, 1.54) is 12.1 Å². The molecule has 1 fully saturated rings. The van der Waals surface area contributed by atoms with E-state index in [0.29, 0.717) is 6.42 Å². The van der Waals surface area contributed by atoms with E-state index < -0.39 is 15.4 Å². The average Bonchev–Trinajstić information content (AvgIpc) is 2.95. The van der Waals surface area contributed by atoms with Gasteiger partial charge in [0.05, 0.1) is 23.2 Å². The molecular weight excluding hydrogens is 279 g/mol. The van der Waals surface area contributed by atoms with Crippen molar-refractivity contribution in [2.24, 2.45) is 0 Å². The van der Waals surface area contributed by atoms with Crippen LogP contribution in [0, 0.1) is 5.82 Å². The molecule has 0 aliphatic carbocycles. The normalized spacial score (nSPS) is 24.9. The largest absolute Gasteiger partial charge is 0.265 e. The Morgan fingerprint density at radius 1 is 1.35 bits per heavy atom. The maximum absolute atomic E-state index is 13.2. The van der Waals surface area contributed by atoms with Gasteiger partial charge in [0.15, 0.2) is 9.84 Å². The van der Waals surface area contributed by atoms with Crippen molar-refractivity contribution in [3.63, 3.8) is 0 Å². The maximum Gasteiger partial charge on any atom is 0.152 e. The quantitative estimate of drug-likeness (QED) is 0.853. The third-order valence-electron chi connectivity index (χ3n) is 3.78. The molecule has 0 spiro atoms. The molecule has 1 unspecified atom stereocenters. The molecule has 1 aromatic carbocycles. The van der Waals surface area contributed by atoms with Gasteiger partial charge in [-0.1, -0.05) is 12.1 Å². The summed E-state index contributed by atoms with van der Waals surface area (Å²) in [6, 6.07) is 6.27. The molecule has 1 atom stereocenters. The molecule has 0 amide bonds. The monoisotopic (exact) mass is 294 g/mol. The molecule has 6 heteroatoms. The number of halogens is 1. The molecule has 1 saturated heterocycles. The number of hydrogen-bond donors (Lipinski definition) is 0. The maximum atomic E-state index is 13.2. The highest BCUT2D eigenvalue weighted by molar-refractivity contribution is 7.91. The Bertz CT molecular complexity index is 754. The van der Waals surface area contributed by atoms with Crippen molar-refractivity contribution in [1.82, 2.24) is 9.78 Å². The predicted molar refractivity (Wildman–Crippen MR) is 74.5 cm³/mol. The number of aromatic nitrogens is 2. The van der Waals surface area contributed by atoms with Crippen molar-refractivity contribution in [2.75, 3.05) is 11.5 Å². The molecule has 4 nitrogen and oxygen atoms in total. The van der Waals surface area contributed by atoms with Crippen LogP contribution in [0.1, 0.15) is 13.3 Å². The van der Waals surface area contributed by atoms with Crippen LogP contribution in [0.2, 0.25) is 0 Å². The van der Waals surface area contributed by atoms with Crippen LogP contribution in [0.3, 0.4) is 0 Å². The van der Waals surface area contributed by atoms with Gasteiger partial charge in [-0.15, -0.1) is 0 Å². The van der Waals surface area contributed by atoms with Crippen molar-refractivity contribution >= 4 is 9.84 Å². The molecule has 2 heterocycles. The van der Waals surface area contributed by atoms with E-state index in [1.54, 1.807) is 29.2 Å². The summed E-state index contributed by atoms with van der Waals surface area (Å²) < 4.78 is 38.2. The molecule has 0 radical (unpaired) electrons. The van der Waals surface area contributed by atoms with Gasteiger partial charge in [0.1, 0.15) is 5.82 Å². The van der Waals surface area contributed by atoms with Crippen LogP contribution in [-0.2, 0) is 15.4 Å². The van der Waals surface area contributed by atoms with Gasteiger partial charge in [0, 0.05) is 11.8 Å². The fourth-order valence-corrected chi connectivity index (χ4v) is 4.73.